The molecule has 0 aliphatic rings. The highest BCUT2D eigenvalue weighted by atomic mass is 32.1. The number of nitrogens with one attached hydrogen (secondary N) is 2. The normalized spacial score (nSPS) is 11.8. The average Bonchev–Trinajstić information content (AvgIpc) is 3.13. The average molecular weight is 374 g/mol. The Bertz CT molecular complexity index is 772. The van der Waals surface area contributed by atoms with Crippen LogP contribution in [-0.4, -0.2) is 29.4 Å². The van der Waals surface area contributed by atoms with E-state index >= 15 is 0 Å². The van der Waals surface area contributed by atoms with E-state index in [4.69, 9.17) is 0 Å². The van der Waals surface area contributed by atoms with Gasteiger partial charge < -0.3 is 15.7 Å². The number of rotatable bonds is 8. The van der Waals surface area contributed by atoms with Crippen LogP contribution in [0, 0.1) is 11.8 Å². The molecule has 0 spiro atoms. The van der Waals surface area contributed by atoms with E-state index in [1.165, 1.54) is 11.3 Å². The Morgan fingerprint density at radius 1 is 1.12 bits per heavy atom. The molecular weight excluding hydrogens is 352 g/mol. The van der Waals surface area contributed by atoms with Crippen LogP contribution in [0.2, 0.25) is 0 Å². The molecule has 0 bridgehead atoms. The fraction of sp³-hybridized carbons (Fsp3) is 0.316. The van der Waals surface area contributed by atoms with E-state index < -0.39 is 17.8 Å². The first kappa shape index (κ1) is 19.7. The van der Waals surface area contributed by atoms with Gasteiger partial charge in [-0.2, -0.15) is 11.3 Å². The van der Waals surface area contributed by atoms with Crippen LogP contribution in [-0.2, 0) is 4.79 Å². The Morgan fingerprint density at radius 2 is 1.85 bits per heavy atom. The molecule has 0 saturated carbocycles. The summed E-state index contributed by atoms with van der Waals surface area (Å²) < 4.78 is 0. The van der Waals surface area contributed by atoms with Crippen LogP contribution in [0.4, 0.5) is 5.69 Å². The molecule has 1 unspecified atom stereocenters. The first-order chi connectivity index (χ1) is 12.4. The lowest BCUT2D eigenvalue weighted by molar-refractivity contribution is -0.142. The zero-order valence-electron chi connectivity index (χ0n) is 14.7. The highest BCUT2D eigenvalue weighted by molar-refractivity contribution is 7.08. The molecule has 1 atom stereocenters. The minimum Gasteiger partial charge on any atom is -0.481 e. The van der Waals surface area contributed by atoms with Crippen LogP contribution in [0.25, 0.3) is 0 Å². The van der Waals surface area contributed by atoms with E-state index in [1.54, 1.807) is 41.1 Å². The molecule has 1 heterocycles. The Morgan fingerprint density at radius 3 is 2.46 bits per heavy atom. The molecule has 0 saturated heterocycles. The Labute approximate surface area is 156 Å². The predicted octanol–water partition coefficient (Wildman–Crippen LogP) is 3.48. The maximum Gasteiger partial charge on any atom is 0.308 e. The second-order valence-corrected chi connectivity index (χ2v) is 7.17. The first-order valence-corrected chi connectivity index (χ1v) is 9.26. The van der Waals surface area contributed by atoms with Gasteiger partial charge in [0.2, 0.25) is 0 Å². The third-order valence-corrected chi connectivity index (χ3v) is 4.50. The smallest absolute Gasteiger partial charge is 0.308 e. The summed E-state index contributed by atoms with van der Waals surface area (Å²) >= 11 is 1.41. The molecule has 7 heteroatoms. The van der Waals surface area contributed by atoms with Gasteiger partial charge in [0.25, 0.3) is 11.8 Å². The largest absolute Gasteiger partial charge is 0.481 e. The van der Waals surface area contributed by atoms with E-state index in [2.05, 4.69) is 10.6 Å². The molecule has 0 aliphatic heterocycles. The van der Waals surface area contributed by atoms with Crippen molar-refractivity contribution in [2.24, 2.45) is 11.8 Å². The number of carboxylic acid groups (broad SMARTS) is 1. The minimum atomic E-state index is -0.932. The zero-order valence-corrected chi connectivity index (χ0v) is 15.5. The lowest BCUT2D eigenvalue weighted by Gasteiger charge is -2.16. The summed E-state index contributed by atoms with van der Waals surface area (Å²) in [6.07, 6.45) is 0.478. The number of benzene rings is 1. The number of thiophene rings is 1. The summed E-state index contributed by atoms with van der Waals surface area (Å²) in [4.78, 5) is 36.0. The number of amides is 2. The van der Waals surface area contributed by atoms with Gasteiger partial charge in [0.1, 0.15) is 0 Å². The molecule has 2 amide bonds. The van der Waals surface area contributed by atoms with E-state index in [-0.39, 0.29) is 18.4 Å². The lowest BCUT2D eigenvalue weighted by atomic mass is 9.97. The molecule has 138 valence electrons. The van der Waals surface area contributed by atoms with Gasteiger partial charge in [0, 0.05) is 11.9 Å². The fourth-order valence-corrected chi connectivity index (χ4v) is 3.17. The molecule has 1 aromatic heterocycles. The monoisotopic (exact) mass is 374 g/mol. The van der Waals surface area contributed by atoms with Crippen molar-refractivity contribution in [1.29, 1.82) is 0 Å². The van der Waals surface area contributed by atoms with Crippen LogP contribution in [0.15, 0.2) is 41.1 Å². The highest BCUT2D eigenvalue weighted by Crippen LogP contribution is 2.18. The number of carboxylic acids is 1. The van der Waals surface area contributed by atoms with E-state index in [0.717, 1.165) is 0 Å². The summed E-state index contributed by atoms with van der Waals surface area (Å²) in [6, 6.07) is 8.35. The van der Waals surface area contributed by atoms with E-state index in [0.29, 0.717) is 23.2 Å². The zero-order chi connectivity index (χ0) is 19.1. The van der Waals surface area contributed by atoms with Gasteiger partial charge in [-0.1, -0.05) is 26.0 Å². The Hall–Kier alpha value is -2.67. The second-order valence-electron chi connectivity index (χ2n) is 6.39. The fourth-order valence-electron chi connectivity index (χ4n) is 2.53. The Kier molecular flexibility index (Phi) is 6.91. The van der Waals surface area contributed by atoms with Crippen molar-refractivity contribution < 1.29 is 19.5 Å². The predicted molar refractivity (Wildman–Crippen MR) is 102 cm³/mol. The summed E-state index contributed by atoms with van der Waals surface area (Å²) in [5.74, 6) is -2.08. The number of hydrogen-bond acceptors (Lipinski definition) is 4. The minimum absolute atomic E-state index is 0.0408. The SMILES string of the molecule is CC(C)CC(CNC(=O)c1ccccc1NC(=O)c1ccsc1)C(=O)O. The molecule has 0 radical (unpaired) electrons. The molecule has 2 aromatic rings. The van der Waals surface area contributed by atoms with Gasteiger partial charge in [-0.05, 0) is 35.9 Å². The van der Waals surface area contributed by atoms with Crippen molar-refractivity contribution in [1.82, 2.24) is 5.32 Å². The van der Waals surface area contributed by atoms with Gasteiger partial charge in [0.05, 0.1) is 22.7 Å². The van der Waals surface area contributed by atoms with Gasteiger partial charge in [-0.25, -0.2) is 0 Å². The topological polar surface area (TPSA) is 95.5 Å². The van der Waals surface area contributed by atoms with Crippen molar-refractivity contribution >= 4 is 34.8 Å². The van der Waals surface area contributed by atoms with Crippen LogP contribution in [0.3, 0.4) is 0 Å². The molecule has 26 heavy (non-hydrogen) atoms. The number of hydrogen-bond donors (Lipinski definition) is 3. The molecule has 2 rings (SSSR count). The summed E-state index contributed by atoms with van der Waals surface area (Å²) in [6.45, 7) is 3.92. The van der Waals surface area contributed by atoms with E-state index in [1.807, 2.05) is 13.8 Å². The molecule has 6 nitrogen and oxygen atoms in total. The van der Waals surface area contributed by atoms with Gasteiger partial charge in [0.15, 0.2) is 0 Å². The van der Waals surface area contributed by atoms with E-state index in [9.17, 15) is 19.5 Å². The van der Waals surface area contributed by atoms with Crippen LogP contribution in [0.5, 0.6) is 0 Å². The van der Waals surface area contributed by atoms with Crippen molar-refractivity contribution in [3.8, 4) is 0 Å². The maximum atomic E-state index is 12.5. The molecule has 1 aromatic carbocycles. The van der Waals surface area contributed by atoms with Crippen LogP contribution >= 0.6 is 11.3 Å². The van der Waals surface area contributed by atoms with Crippen molar-refractivity contribution in [3.05, 3.63) is 52.2 Å². The quantitative estimate of drug-likeness (QED) is 0.659. The molecule has 3 N–H and O–H groups in total. The lowest BCUT2D eigenvalue weighted by Crippen LogP contribution is -2.34. The highest BCUT2D eigenvalue weighted by Gasteiger charge is 2.21. The number of carbonyl (C=O) groups is 3. The van der Waals surface area contributed by atoms with Gasteiger partial charge >= 0.3 is 5.97 Å². The van der Waals surface area contributed by atoms with Crippen molar-refractivity contribution in [2.45, 2.75) is 20.3 Å². The third kappa shape index (κ3) is 5.42. The standard InChI is InChI=1S/C19H22N2O4S/c1-12(2)9-14(19(24)25)10-20-18(23)15-5-3-4-6-16(15)21-17(22)13-7-8-26-11-13/h3-8,11-12,14H,9-10H2,1-2H3,(H,20,23)(H,21,22)(H,24,25). The first-order valence-electron chi connectivity index (χ1n) is 8.32. The number of para-hydroxylation sites is 1. The molecular formula is C19H22N2O4S. The summed E-state index contributed by atoms with van der Waals surface area (Å²) in [5, 5.41) is 18.2. The third-order valence-electron chi connectivity index (χ3n) is 3.82. The van der Waals surface area contributed by atoms with Gasteiger partial charge in [-0.3, -0.25) is 14.4 Å². The van der Waals surface area contributed by atoms with Gasteiger partial charge in [-0.15, -0.1) is 0 Å². The summed E-state index contributed by atoms with van der Waals surface area (Å²) in [5.41, 5.74) is 1.20. The van der Waals surface area contributed by atoms with Crippen molar-refractivity contribution in [2.75, 3.05) is 11.9 Å². The van der Waals surface area contributed by atoms with Crippen LogP contribution < -0.4 is 10.6 Å². The summed E-state index contributed by atoms with van der Waals surface area (Å²) in [7, 11) is 0. The number of anilines is 1. The Balaban J connectivity index is 2.07. The molecule has 0 fully saturated rings. The van der Waals surface area contributed by atoms with Crippen molar-refractivity contribution in [3.63, 3.8) is 0 Å². The molecule has 0 aliphatic carbocycles. The maximum absolute atomic E-state index is 12.5. The number of carbonyl (C=O) groups excluding carboxylic acids is 2. The number of aliphatic carboxylic acids is 1. The second kappa shape index (κ2) is 9.15. The van der Waals surface area contributed by atoms with Crippen LogP contribution in [0.1, 0.15) is 41.0 Å².